The minimum Gasteiger partial charge on any atom is -0.354 e. The Labute approximate surface area is 97.8 Å². The number of carbonyl (C=O) groups is 1. The second kappa shape index (κ2) is 5.15. The van der Waals surface area contributed by atoms with Crippen LogP contribution in [0.2, 0.25) is 0 Å². The van der Waals surface area contributed by atoms with Crippen molar-refractivity contribution >= 4 is 5.91 Å². The maximum atomic E-state index is 11.7. The van der Waals surface area contributed by atoms with Crippen molar-refractivity contribution in [2.45, 2.75) is 26.2 Å². The van der Waals surface area contributed by atoms with Crippen LogP contribution in [0.15, 0.2) is 0 Å². The van der Waals surface area contributed by atoms with Crippen molar-refractivity contribution < 1.29 is 4.79 Å². The van der Waals surface area contributed by atoms with Gasteiger partial charge in [-0.3, -0.25) is 9.69 Å². The van der Waals surface area contributed by atoms with Gasteiger partial charge in [-0.1, -0.05) is 13.3 Å². The van der Waals surface area contributed by atoms with Crippen molar-refractivity contribution in [2.75, 3.05) is 39.3 Å². The summed E-state index contributed by atoms with van der Waals surface area (Å²) in [6.07, 6.45) is 3.85. The first-order valence-corrected chi connectivity index (χ1v) is 6.38. The summed E-state index contributed by atoms with van der Waals surface area (Å²) in [4.78, 5) is 13.9. The van der Waals surface area contributed by atoms with Crippen molar-refractivity contribution in [3.8, 4) is 0 Å². The van der Waals surface area contributed by atoms with Crippen LogP contribution < -0.4 is 10.6 Å². The first kappa shape index (κ1) is 11.9. The summed E-state index contributed by atoms with van der Waals surface area (Å²) in [5.41, 5.74) is 0.388. The van der Waals surface area contributed by atoms with Crippen LogP contribution in [0, 0.1) is 5.41 Å². The van der Waals surface area contributed by atoms with E-state index >= 15 is 0 Å². The lowest BCUT2D eigenvalue weighted by Gasteiger charge is -2.38. The summed E-state index contributed by atoms with van der Waals surface area (Å²) in [5, 5.41) is 6.36. The molecule has 1 saturated carbocycles. The van der Waals surface area contributed by atoms with Crippen LogP contribution in [0.4, 0.5) is 0 Å². The number of hydrogen-bond donors (Lipinski definition) is 2. The Hall–Kier alpha value is -0.610. The molecule has 16 heavy (non-hydrogen) atoms. The zero-order valence-corrected chi connectivity index (χ0v) is 10.2. The lowest BCUT2D eigenvalue weighted by atomic mass is 9.70. The van der Waals surface area contributed by atoms with Gasteiger partial charge in [-0.05, 0) is 18.3 Å². The van der Waals surface area contributed by atoms with Crippen LogP contribution in [0.25, 0.3) is 0 Å². The Kier molecular flexibility index (Phi) is 3.82. The van der Waals surface area contributed by atoms with Gasteiger partial charge in [0.15, 0.2) is 0 Å². The van der Waals surface area contributed by atoms with Crippen LogP contribution in [0.1, 0.15) is 26.2 Å². The average Bonchev–Trinajstić information content (AvgIpc) is 2.25. The number of nitrogens with zero attached hydrogens (tertiary/aromatic N) is 1. The van der Waals surface area contributed by atoms with E-state index in [1.807, 2.05) is 0 Å². The maximum Gasteiger partial charge on any atom is 0.234 e. The third kappa shape index (κ3) is 3.19. The van der Waals surface area contributed by atoms with Crippen molar-refractivity contribution in [3.05, 3.63) is 0 Å². The fourth-order valence-electron chi connectivity index (χ4n) is 2.40. The number of amides is 1. The Morgan fingerprint density at radius 1 is 1.38 bits per heavy atom. The first-order valence-electron chi connectivity index (χ1n) is 6.38. The summed E-state index contributed by atoms with van der Waals surface area (Å²) >= 11 is 0. The van der Waals surface area contributed by atoms with E-state index in [1.165, 1.54) is 19.3 Å². The van der Waals surface area contributed by atoms with Crippen LogP contribution in [0.3, 0.4) is 0 Å². The van der Waals surface area contributed by atoms with Gasteiger partial charge in [0, 0.05) is 32.7 Å². The van der Waals surface area contributed by atoms with E-state index in [0.29, 0.717) is 12.0 Å². The highest BCUT2D eigenvalue weighted by Crippen LogP contribution is 2.39. The van der Waals surface area contributed by atoms with Gasteiger partial charge >= 0.3 is 0 Å². The molecule has 0 aromatic heterocycles. The van der Waals surface area contributed by atoms with Crippen LogP contribution in [0.5, 0.6) is 0 Å². The molecule has 4 nitrogen and oxygen atoms in total. The third-order valence-corrected chi connectivity index (χ3v) is 3.85. The first-order chi connectivity index (χ1) is 7.68. The average molecular weight is 225 g/mol. The molecule has 0 unspecified atom stereocenters. The van der Waals surface area contributed by atoms with E-state index in [9.17, 15) is 4.79 Å². The molecular weight excluding hydrogens is 202 g/mol. The summed E-state index contributed by atoms with van der Waals surface area (Å²) in [6.45, 7) is 7.68. The second-order valence-corrected chi connectivity index (χ2v) is 5.47. The molecule has 0 bridgehead atoms. The molecule has 1 aliphatic heterocycles. The molecule has 0 atom stereocenters. The zero-order chi connectivity index (χ0) is 11.4. The van der Waals surface area contributed by atoms with Gasteiger partial charge in [0.25, 0.3) is 0 Å². The minimum absolute atomic E-state index is 0.190. The summed E-state index contributed by atoms with van der Waals surface area (Å²) in [7, 11) is 0. The molecule has 0 radical (unpaired) electrons. The highest BCUT2D eigenvalue weighted by molar-refractivity contribution is 5.78. The van der Waals surface area contributed by atoms with E-state index in [4.69, 9.17) is 0 Å². The van der Waals surface area contributed by atoms with E-state index in [-0.39, 0.29) is 5.91 Å². The predicted molar refractivity (Wildman–Crippen MR) is 64.3 cm³/mol. The van der Waals surface area contributed by atoms with E-state index in [1.54, 1.807) is 0 Å². The Morgan fingerprint density at radius 3 is 2.62 bits per heavy atom. The summed E-state index contributed by atoms with van der Waals surface area (Å²) in [5.74, 6) is 0.190. The third-order valence-electron chi connectivity index (χ3n) is 3.85. The Balaban J connectivity index is 1.63. The van der Waals surface area contributed by atoms with E-state index in [0.717, 1.165) is 32.7 Å². The quantitative estimate of drug-likeness (QED) is 0.718. The lowest BCUT2D eigenvalue weighted by Crippen LogP contribution is -2.49. The fraction of sp³-hybridized carbons (Fsp3) is 0.917. The minimum atomic E-state index is 0.190. The lowest BCUT2D eigenvalue weighted by molar-refractivity contribution is -0.123. The SMILES string of the molecule is CC1(CNC(=O)CN2CCNCC2)CCC1. The van der Waals surface area contributed by atoms with Gasteiger partial charge in [-0.25, -0.2) is 0 Å². The smallest absolute Gasteiger partial charge is 0.234 e. The van der Waals surface area contributed by atoms with Gasteiger partial charge in [0.1, 0.15) is 0 Å². The molecule has 1 heterocycles. The number of piperazine rings is 1. The molecule has 2 N–H and O–H groups in total. The second-order valence-electron chi connectivity index (χ2n) is 5.47. The predicted octanol–water partition coefficient (Wildman–Crippen LogP) is 0.198. The Morgan fingerprint density at radius 2 is 2.06 bits per heavy atom. The molecule has 2 aliphatic rings. The number of rotatable bonds is 4. The fourth-order valence-corrected chi connectivity index (χ4v) is 2.40. The van der Waals surface area contributed by atoms with Crippen molar-refractivity contribution in [1.29, 1.82) is 0 Å². The van der Waals surface area contributed by atoms with Crippen LogP contribution >= 0.6 is 0 Å². The highest BCUT2D eigenvalue weighted by atomic mass is 16.2. The molecule has 0 spiro atoms. The van der Waals surface area contributed by atoms with E-state index in [2.05, 4.69) is 22.5 Å². The standard InChI is InChI=1S/C12H23N3O/c1-12(3-2-4-12)10-14-11(16)9-15-7-5-13-6-8-15/h13H,2-10H2,1H3,(H,14,16). The van der Waals surface area contributed by atoms with Gasteiger partial charge in [-0.2, -0.15) is 0 Å². The van der Waals surface area contributed by atoms with Crippen molar-refractivity contribution in [1.82, 2.24) is 15.5 Å². The van der Waals surface area contributed by atoms with Crippen molar-refractivity contribution in [2.24, 2.45) is 5.41 Å². The molecule has 0 aromatic rings. The number of nitrogens with one attached hydrogen (secondary N) is 2. The van der Waals surface area contributed by atoms with Crippen LogP contribution in [-0.2, 0) is 4.79 Å². The molecule has 1 aliphatic carbocycles. The summed E-state index contributed by atoms with van der Waals surface area (Å²) in [6, 6.07) is 0. The summed E-state index contributed by atoms with van der Waals surface area (Å²) < 4.78 is 0. The molecule has 0 aromatic carbocycles. The van der Waals surface area contributed by atoms with Crippen LogP contribution in [-0.4, -0.2) is 50.1 Å². The van der Waals surface area contributed by atoms with Gasteiger partial charge in [-0.15, -0.1) is 0 Å². The molecule has 2 rings (SSSR count). The topological polar surface area (TPSA) is 44.4 Å². The number of carbonyl (C=O) groups excluding carboxylic acids is 1. The monoisotopic (exact) mass is 225 g/mol. The molecule has 4 heteroatoms. The van der Waals surface area contributed by atoms with E-state index < -0.39 is 0 Å². The molecule has 1 saturated heterocycles. The van der Waals surface area contributed by atoms with Gasteiger partial charge in [0.2, 0.25) is 5.91 Å². The molecule has 1 amide bonds. The normalized spacial score (nSPS) is 24.8. The zero-order valence-electron chi connectivity index (χ0n) is 10.2. The van der Waals surface area contributed by atoms with Gasteiger partial charge in [0.05, 0.1) is 6.54 Å². The largest absolute Gasteiger partial charge is 0.354 e. The molecule has 92 valence electrons. The molecular formula is C12H23N3O. The highest BCUT2D eigenvalue weighted by Gasteiger charge is 2.31. The Bertz CT molecular complexity index is 245. The van der Waals surface area contributed by atoms with Gasteiger partial charge < -0.3 is 10.6 Å². The maximum absolute atomic E-state index is 11.7. The van der Waals surface area contributed by atoms with Crippen molar-refractivity contribution in [3.63, 3.8) is 0 Å². The molecule has 2 fully saturated rings. The number of hydrogen-bond acceptors (Lipinski definition) is 3.